The van der Waals surface area contributed by atoms with Crippen LogP contribution in [0.4, 0.5) is 5.95 Å². The van der Waals surface area contributed by atoms with Gasteiger partial charge in [0.2, 0.25) is 17.7 Å². The van der Waals surface area contributed by atoms with Crippen LogP contribution >= 0.6 is 0 Å². The van der Waals surface area contributed by atoms with Crippen molar-refractivity contribution in [1.29, 1.82) is 0 Å². The number of likely N-dealkylation sites (tertiary alicyclic amines) is 1. The maximum Gasteiger partial charge on any atom is 0.288 e. The van der Waals surface area contributed by atoms with Crippen molar-refractivity contribution in [3.63, 3.8) is 0 Å². The molecule has 0 spiro atoms. The third-order valence-electron chi connectivity index (χ3n) is 2.76. The molecule has 1 aliphatic rings. The van der Waals surface area contributed by atoms with Crippen molar-refractivity contribution < 1.29 is 9.59 Å². The molecule has 0 aromatic carbocycles. The van der Waals surface area contributed by atoms with Crippen molar-refractivity contribution in [3.05, 3.63) is 5.82 Å². The second-order valence-electron chi connectivity index (χ2n) is 4.26. The van der Waals surface area contributed by atoms with Gasteiger partial charge in [0.1, 0.15) is 0 Å². The Morgan fingerprint density at radius 2 is 2.44 bits per heavy atom. The second kappa shape index (κ2) is 5.03. The van der Waals surface area contributed by atoms with Crippen LogP contribution in [0.15, 0.2) is 0 Å². The lowest BCUT2D eigenvalue weighted by Gasteiger charge is -2.15. The van der Waals surface area contributed by atoms with E-state index in [2.05, 4.69) is 20.5 Å². The summed E-state index contributed by atoms with van der Waals surface area (Å²) in [4.78, 5) is 28.8. The van der Waals surface area contributed by atoms with E-state index in [0.29, 0.717) is 13.0 Å². The molecule has 98 valence electrons. The minimum absolute atomic E-state index is 0.0234. The topological polar surface area (TPSA) is 117 Å². The number of carbonyl (C=O) groups excluding carboxylic acids is 2. The molecule has 2 rings (SSSR count). The van der Waals surface area contributed by atoms with Crippen LogP contribution in [0.25, 0.3) is 0 Å². The predicted octanol–water partition coefficient (Wildman–Crippen LogP) is -0.872. The van der Waals surface area contributed by atoms with Crippen LogP contribution in [0.5, 0.6) is 0 Å². The van der Waals surface area contributed by atoms with Gasteiger partial charge < -0.3 is 16.0 Å². The molecule has 0 unspecified atom stereocenters. The van der Waals surface area contributed by atoms with Crippen LogP contribution in [0.3, 0.4) is 0 Å². The van der Waals surface area contributed by atoms with Gasteiger partial charge in [0, 0.05) is 19.5 Å². The summed E-state index contributed by atoms with van der Waals surface area (Å²) in [5.41, 5.74) is 5.31. The number of rotatable bonds is 4. The highest BCUT2D eigenvalue weighted by molar-refractivity contribution is 5.91. The summed E-state index contributed by atoms with van der Waals surface area (Å²) in [6, 6.07) is -0.178. The summed E-state index contributed by atoms with van der Waals surface area (Å²) in [5, 5.41) is 8.74. The average molecular weight is 252 g/mol. The van der Waals surface area contributed by atoms with Crippen LogP contribution in [-0.2, 0) is 4.79 Å². The summed E-state index contributed by atoms with van der Waals surface area (Å²) < 4.78 is 0. The fourth-order valence-corrected chi connectivity index (χ4v) is 1.98. The summed E-state index contributed by atoms with van der Waals surface area (Å²) in [7, 11) is 0. The van der Waals surface area contributed by atoms with Crippen molar-refractivity contribution >= 4 is 17.8 Å². The zero-order valence-corrected chi connectivity index (χ0v) is 10.1. The number of aromatic amines is 1. The third-order valence-corrected chi connectivity index (χ3v) is 2.76. The van der Waals surface area contributed by atoms with E-state index in [1.165, 1.54) is 0 Å². The molecule has 1 aromatic heterocycles. The normalized spacial score (nSPS) is 19.3. The molecule has 1 saturated heterocycles. The molecule has 2 heterocycles. The fourth-order valence-electron chi connectivity index (χ4n) is 1.98. The van der Waals surface area contributed by atoms with Crippen LogP contribution in [0, 0.1) is 0 Å². The van der Waals surface area contributed by atoms with Gasteiger partial charge in [0.15, 0.2) is 0 Å². The van der Waals surface area contributed by atoms with E-state index < -0.39 is 5.91 Å². The first-order chi connectivity index (χ1) is 8.60. The van der Waals surface area contributed by atoms with Gasteiger partial charge in [-0.25, -0.2) is 0 Å². The third kappa shape index (κ3) is 2.58. The van der Waals surface area contributed by atoms with Crippen LogP contribution in [-0.4, -0.2) is 51.0 Å². The van der Waals surface area contributed by atoms with Crippen molar-refractivity contribution in [2.45, 2.75) is 25.8 Å². The van der Waals surface area contributed by atoms with E-state index in [-0.39, 0.29) is 23.7 Å². The maximum atomic E-state index is 11.8. The highest BCUT2D eigenvalue weighted by Gasteiger charge is 2.30. The molecule has 1 atom stereocenters. The number of aromatic nitrogens is 3. The molecular formula is C10H16N6O2. The number of hydrogen-bond donors (Lipinski definition) is 3. The fraction of sp³-hybridized carbons (Fsp3) is 0.600. The number of nitrogens with one attached hydrogen (secondary N) is 2. The number of nitrogens with zero attached hydrogens (tertiary/aromatic N) is 3. The molecule has 18 heavy (non-hydrogen) atoms. The van der Waals surface area contributed by atoms with Crippen molar-refractivity contribution in [2.75, 3.05) is 18.8 Å². The highest BCUT2D eigenvalue weighted by atomic mass is 16.2. The molecule has 2 amide bonds. The smallest absolute Gasteiger partial charge is 0.288 e. The maximum absolute atomic E-state index is 11.8. The Balaban J connectivity index is 1.91. The first-order valence-corrected chi connectivity index (χ1v) is 5.86. The van der Waals surface area contributed by atoms with Gasteiger partial charge in [0.05, 0.1) is 6.04 Å². The molecule has 1 aliphatic heterocycles. The lowest BCUT2D eigenvalue weighted by Crippen LogP contribution is -2.37. The predicted molar refractivity (Wildman–Crippen MR) is 63.5 cm³/mol. The SMILES string of the molecule is CCCN1C[C@H](NC(=O)c2nc(N)n[nH]2)CC1=O. The first-order valence-electron chi connectivity index (χ1n) is 5.86. The number of carbonyl (C=O) groups is 2. The number of amides is 2. The van der Waals surface area contributed by atoms with Gasteiger partial charge >= 0.3 is 0 Å². The molecule has 1 fully saturated rings. The van der Waals surface area contributed by atoms with Gasteiger partial charge in [-0.05, 0) is 6.42 Å². The van der Waals surface area contributed by atoms with E-state index in [9.17, 15) is 9.59 Å². The van der Waals surface area contributed by atoms with Gasteiger partial charge in [-0.1, -0.05) is 6.92 Å². The zero-order valence-electron chi connectivity index (χ0n) is 10.1. The summed E-state index contributed by atoms with van der Waals surface area (Å²) in [6.07, 6.45) is 1.24. The molecule has 1 aromatic rings. The standard InChI is InChI=1S/C10H16N6O2/c1-2-3-16-5-6(4-7(16)17)12-9(18)8-13-10(11)15-14-8/h6H,2-5H2,1H3,(H,12,18)(H3,11,13,14,15)/t6-/m1/s1. The molecule has 0 radical (unpaired) electrons. The zero-order chi connectivity index (χ0) is 13.1. The number of nitrogen functional groups attached to an aromatic ring is 1. The van der Waals surface area contributed by atoms with E-state index in [4.69, 9.17) is 5.73 Å². The Morgan fingerprint density at radius 1 is 1.67 bits per heavy atom. The summed E-state index contributed by atoms with van der Waals surface area (Å²) >= 11 is 0. The van der Waals surface area contributed by atoms with Gasteiger partial charge in [-0.15, -0.1) is 5.10 Å². The molecule has 0 saturated carbocycles. The van der Waals surface area contributed by atoms with Crippen molar-refractivity contribution in [2.24, 2.45) is 0 Å². The van der Waals surface area contributed by atoms with Crippen molar-refractivity contribution in [3.8, 4) is 0 Å². The number of H-pyrrole nitrogens is 1. The van der Waals surface area contributed by atoms with Gasteiger partial charge in [-0.3, -0.25) is 14.7 Å². The number of hydrogen-bond acceptors (Lipinski definition) is 5. The number of nitrogens with two attached hydrogens (primary N) is 1. The van der Waals surface area contributed by atoms with Crippen LogP contribution in [0.2, 0.25) is 0 Å². The van der Waals surface area contributed by atoms with Crippen LogP contribution < -0.4 is 11.1 Å². The molecule has 0 aliphatic carbocycles. The Labute approximate surface area is 104 Å². The van der Waals surface area contributed by atoms with Crippen molar-refractivity contribution in [1.82, 2.24) is 25.4 Å². The van der Waals surface area contributed by atoms with E-state index >= 15 is 0 Å². The van der Waals surface area contributed by atoms with E-state index in [0.717, 1.165) is 13.0 Å². The minimum atomic E-state index is -0.393. The van der Waals surface area contributed by atoms with E-state index in [1.807, 2.05) is 6.92 Å². The monoisotopic (exact) mass is 252 g/mol. The number of anilines is 1. The lowest BCUT2D eigenvalue weighted by atomic mass is 10.2. The first kappa shape index (κ1) is 12.3. The Bertz CT molecular complexity index is 457. The molecule has 8 heteroatoms. The largest absolute Gasteiger partial charge is 0.366 e. The second-order valence-corrected chi connectivity index (χ2v) is 4.26. The molecular weight excluding hydrogens is 236 g/mol. The molecule has 4 N–H and O–H groups in total. The Kier molecular flexibility index (Phi) is 3.45. The minimum Gasteiger partial charge on any atom is -0.366 e. The quantitative estimate of drug-likeness (QED) is 0.643. The molecule has 0 bridgehead atoms. The van der Waals surface area contributed by atoms with E-state index in [1.54, 1.807) is 4.90 Å². The van der Waals surface area contributed by atoms with Gasteiger partial charge in [0.25, 0.3) is 5.91 Å². The summed E-state index contributed by atoms with van der Waals surface area (Å²) in [6.45, 7) is 3.28. The highest BCUT2D eigenvalue weighted by Crippen LogP contribution is 2.11. The van der Waals surface area contributed by atoms with Crippen LogP contribution in [0.1, 0.15) is 30.4 Å². The molecule has 8 nitrogen and oxygen atoms in total. The Morgan fingerprint density at radius 3 is 3.06 bits per heavy atom. The average Bonchev–Trinajstić information content (AvgIpc) is 2.87. The Hall–Kier alpha value is -2.12. The summed E-state index contributed by atoms with van der Waals surface area (Å²) in [5.74, 6) is -0.237. The lowest BCUT2D eigenvalue weighted by molar-refractivity contribution is -0.127. The van der Waals surface area contributed by atoms with Gasteiger partial charge in [-0.2, -0.15) is 4.98 Å².